The molecule has 1 heterocycles. The standard InChI is InChI=1S/C7H13NO2S/c1-7(10)4-8(5-7)6(9)2-3-11/h10-11H,2-5H2,1H3. The van der Waals surface area contributed by atoms with E-state index in [4.69, 9.17) is 0 Å². The highest BCUT2D eigenvalue weighted by Crippen LogP contribution is 2.20. The molecule has 3 nitrogen and oxygen atoms in total. The molecule has 4 heteroatoms. The minimum atomic E-state index is -0.647. The molecule has 0 aliphatic carbocycles. The number of likely N-dealkylation sites (tertiary alicyclic amines) is 1. The molecular weight excluding hydrogens is 162 g/mol. The summed E-state index contributed by atoms with van der Waals surface area (Å²) in [5.74, 6) is 0.670. The number of carbonyl (C=O) groups is 1. The lowest BCUT2D eigenvalue weighted by molar-refractivity contribution is -0.151. The molecule has 0 radical (unpaired) electrons. The van der Waals surface area contributed by atoms with Gasteiger partial charge in [-0.1, -0.05) is 0 Å². The highest BCUT2D eigenvalue weighted by atomic mass is 32.1. The molecule has 1 rings (SSSR count). The predicted octanol–water partition coefficient (Wildman–Crippen LogP) is -0.100. The Balaban J connectivity index is 2.27. The van der Waals surface area contributed by atoms with Crippen molar-refractivity contribution < 1.29 is 9.90 Å². The summed E-state index contributed by atoms with van der Waals surface area (Å²) in [6.07, 6.45) is 0.471. The van der Waals surface area contributed by atoms with Crippen molar-refractivity contribution in [3.05, 3.63) is 0 Å². The molecule has 1 aliphatic rings. The van der Waals surface area contributed by atoms with Gasteiger partial charge in [-0.25, -0.2) is 0 Å². The summed E-state index contributed by atoms with van der Waals surface area (Å²) in [6.45, 7) is 2.68. The van der Waals surface area contributed by atoms with Gasteiger partial charge in [0.25, 0.3) is 0 Å². The van der Waals surface area contributed by atoms with Crippen LogP contribution in [0, 0.1) is 0 Å². The highest BCUT2D eigenvalue weighted by molar-refractivity contribution is 7.80. The average molecular weight is 175 g/mol. The van der Waals surface area contributed by atoms with E-state index in [0.717, 1.165) is 0 Å². The van der Waals surface area contributed by atoms with Gasteiger partial charge in [0.15, 0.2) is 0 Å². The first-order valence-corrected chi connectivity index (χ1v) is 4.29. The first kappa shape index (κ1) is 8.87. The maximum atomic E-state index is 11.1. The third-order valence-corrected chi connectivity index (χ3v) is 1.96. The van der Waals surface area contributed by atoms with Crippen LogP contribution in [0.2, 0.25) is 0 Å². The summed E-state index contributed by atoms with van der Waals surface area (Å²) in [6, 6.07) is 0. The van der Waals surface area contributed by atoms with Gasteiger partial charge in [0.2, 0.25) is 5.91 Å². The van der Waals surface area contributed by atoms with Gasteiger partial charge in [-0.15, -0.1) is 0 Å². The van der Waals surface area contributed by atoms with Gasteiger partial charge < -0.3 is 10.0 Å². The number of hydrogen-bond acceptors (Lipinski definition) is 3. The van der Waals surface area contributed by atoms with Crippen LogP contribution in [0.3, 0.4) is 0 Å². The third-order valence-electron chi connectivity index (χ3n) is 1.74. The molecule has 11 heavy (non-hydrogen) atoms. The molecule has 64 valence electrons. The fourth-order valence-electron chi connectivity index (χ4n) is 1.21. The molecule has 1 aliphatic heterocycles. The summed E-state index contributed by atoms with van der Waals surface area (Å²) < 4.78 is 0. The van der Waals surface area contributed by atoms with Crippen LogP contribution in [0.4, 0.5) is 0 Å². The fraction of sp³-hybridized carbons (Fsp3) is 0.857. The van der Waals surface area contributed by atoms with Crippen molar-refractivity contribution in [1.29, 1.82) is 0 Å². The summed E-state index contributed by atoms with van der Waals surface area (Å²) in [5.41, 5.74) is -0.647. The van der Waals surface area contributed by atoms with Crippen LogP contribution in [-0.4, -0.2) is 40.4 Å². The predicted molar refractivity (Wildman–Crippen MR) is 45.7 cm³/mol. The molecule has 0 atom stereocenters. The van der Waals surface area contributed by atoms with Gasteiger partial charge in [-0.05, 0) is 12.7 Å². The van der Waals surface area contributed by atoms with Crippen molar-refractivity contribution in [2.24, 2.45) is 0 Å². The normalized spacial score (nSPS) is 21.2. The second kappa shape index (κ2) is 3.03. The van der Waals surface area contributed by atoms with E-state index in [-0.39, 0.29) is 5.91 Å². The second-order valence-corrected chi connectivity index (χ2v) is 3.67. The van der Waals surface area contributed by atoms with E-state index >= 15 is 0 Å². The Morgan fingerprint density at radius 2 is 2.27 bits per heavy atom. The number of hydrogen-bond donors (Lipinski definition) is 2. The van der Waals surface area contributed by atoms with Gasteiger partial charge in [-0.3, -0.25) is 4.79 Å². The number of thiol groups is 1. The molecule has 0 bridgehead atoms. The molecular formula is C7H13NO2S. The molecule has 1 amide bonds. The van der Waals surface area contributed by atoms with Crippen LogP contribution in [0.25, 0.3) is 0 Å². The summed E-state index contributed by atoms with van der Waals surface area (Å²) in [7, 11) is 0. The van der Waals surface area contributed by atoms with Crippen molar-refractivity contribution >= 4 is 18.5 Å². The van der Waals surface area contributed by atoms with Crippen molar-refractivity contribution in [2.45, 2.75) is 18.9 Å². The minimum absolute atomic E-state index is 0.0894. The first-order chi connectivity index (χ1) is 5.05. The number of rotatable bonds is 2. The Morgan fingerprint density at radius 3 is 2.64 bits per heavy atom. The van der Waals surface area contributed by atoms with E-state index < -0.39 is 5.60 Å². The summed E-state index contributed by atoms with van der Waals surface area (Å²) in [5, 5.41) is 9.29. The van der Waals surface area contributed by atoms with Crippen LogP contribution < -0.4 is 0 Å². The third kappa shape index (κ3) is 2.10. The fourth-order valence-corrected chi connectivity index (χ4v) is 1.40. The molecule has 0 saturated carbocycles. The summed E-state index contributed by atoms with van der Waals surface area (Å²) >= 11 is 3.95. The van der Waals surface area contributed by atoms with Gasteiger partial charge >= 0.3 is 0 Å². The van der Waals surface area contributed by atoms with Crippen LogP contribution >= 0.6 is 12.6 Å². The number of β-amino-alcohol motifs (C(OH)–C–C–N with tert-alkyl or cyclic N) is 1. The first-order valence-electron chi connectivity index (χ1n) is 3.66. The smallest absolute Gasteiger partial charge is 0.223 e. The Morgan fingerprint density at radius 1 is 1.73 bits per heavy atom. The van der Waals surface area contributed by atoms with Gasteiger partial charge in [0, 0.05) is 6.42 Å². The number of aliphatic hydroxyl groups is 1. The van der Waals surface area contributed by atoms with Crippen LogP contribution in [0.15, 0.2) is 0 Å². The molecule has 1 fully saturated rings. The quantitative estimate of drug-likeness (QED) is 0.575. The summed E-state index contributed by atoms with van der Waals surface area (Å²) in [4.78, 5) is 12.7. The second-order valence-electron chi connectivity index (χ2n) is 3.22. The number of carbonyl (C=O) groups excluding carboxylic acids is 1. The highest BCUT2D eigenvalue weighted by Gasteiger charge is 2.38. The zero-order valence-corrected chi connectivity index (χ0v) is 7.47. The molecule has 0 aromatic rings. The Bertz CT molecular complexity index is 162. The number of amides is 1. The molecule has 0 aromatic heterocycles. The van der Waals surface area contributed by atoms with Crippen molar-refractivity contribution in [2.75, 3.05) is 18.8 Å². The monoisotopic (exact) mass is 175 g/mol. The lowest BCUT2D eigenvalue weighted by atomic mass is 9.97. The molecule has 0 aromatic carbocycles. The van der Waals surface area contributed by atoms with Crippen molar-refractivity contribution in [3.8, 4) is 0 Å². The van der Waals surface area contributed by atoms with E-state index in [1.165, 1.54) is 0 Å². The van der Waals surface area contributed by atoms with Crippen LogP contribution in [0.5, 0.6) is 0 Å². The van der Waals surface area contributed by atoms with E-state index in [2.05, 4.69) is 12.6 Å². The average Bonchev–Trinajstić information content (AvgIpc) is 1.83. The molecule has 1 saturated heterocycles. The van der Waals surface area contributed by atoms with E-state index in [0.29, 0.717) is 25.3 Å². The zero-order chi connectivity index (χ0) is 8.48. The van der Waals surface area contributed by atoms with E-state index in [9.17, 15) is 9.90 Å². The maximum absolute atomic E-state index is 11.1. The largest absolute Gasteiger partial charge is 0.386 e. The Labute approximate surface area is 71.8 Å². The maximum Gasteiger partial charge on any atom is 0.223 e. The Kier molecular flexibility index (Phi) is 2.44. The van der Waals surface area contributed by atoms with Crippen LogP contribution in [-0.2, 0) is 4.79 Å². The number of nitrogens with zero attached hydrogens (tertiary/aromatic N) is 1. The van der Waals surface area contributed by atoms with E-state index in [1.807, 2.05) is 0 Å². The van der Waals surface area contributed by atoms with Gasteiger partial charge in [-0.2, -0.15) is 12.6 Å². The van der Waals surface area contributed by atoms with E-state index in [1.54, 1.807) is 11.8 Å². The van der Waals surface area contributed by atoms with Gasteiger partial charge in [0.05, 0.1) is 18.7 Å². The van der Waals surface area contributed by atoms with Gasteiger partial charge in [0.1, 0.15) is 0 Å². The lowest BCUT2D eigenvalue weighted by Gasteiger charge is -2.44. The molecule has 0 spiro atoms. The SMILES string of the molecule is CC1(O)CN(C(=O)CCS)C1. The van der Waals surface area contributed by atoms with Crippen LogP contribution in [0.1, 0.15) is 13.3 Å². The Hall–Kier alpha value is -0.220. The van der Waals surface area contributed by atoms with Crippen molar-refractivity contribution in [3.63, 3.8) is 0 Å². The lowest BCUT2D eigenvalue weighted by Crippen LogP contribution is -2.61. The van der Waals surface area contributed by atoms with Crippen molar-refractivity contribution in [1.82, 2.24) is 4.90 Å². The molecule has 1 N–H and O–H groups in total. The molecule has 0 unspecified atom stereocenters. The topological polar surface area (TPSA) is 40.5 Å². The minimum Gasteiger partial charge on any atom is -0.386 e. The zero-order valence-electron chi connectivity index (χ0n) is 6.58.